The van der Waals surface area contributed by atoms with Crippen LogP contribution in [0.2, 0.25) is 0 Å². The van der Waals surface area contributed by atoms with Gasteiger partial charge >= 0.3 is 0 Å². The molecule has 0 aliphatic carbocycles. The maximum atomic E-state index is 12.0. The summed E-state index contributed by atoms with van der Waals surface area (Å²) in [6.07, 6.45) is 9.59. The SMILES string of the molecule is CSc1nc(N2CCCC2)c2cnn(CCNC(=O)/C=C/c3cccs3)c2n1. The molecule has 1 aliphatic heterocycles. The van der Waals surface area contributed by atoms with Crippen LogP contribution in [0.5, 0.6) is 0 Å². The Labute approximate surface area is 171 Å². The number of rotatable bonds is 7. The van der Waals surface area contributed by atoms with E-state index in [0.29, 0.717) is 13.1 Å². The standard InChI is InChI=1S/C19H22N6OS2/c1-27-19-22-17(24-9-2-3-10-24)15-13-21-25(18(15)23-19)11-8-20-16(26)7-6-14-5-4-12-28-14/h4-7,12-13H,2-3,8-11H2,1H3,(H,20,26)/b7-6+. The molecule has 9 heteroatoms. The van der Waals surface area contributed by atoms with Crippen molar-refractivity contribution in [3.63, 3.8) is 0 Å². The highest BCUT2D eigenvalue weighted by atomic mass is 32.2. The zero-order chi connectivity index (χ0) is 19.3. The maximum Gasteiger partial charge on any atom is 0.244 e. The Kier molecular flexibility index (Phi) is 5.92. The molecule has 1 aliphatic rings. The minimum absolute atomic E-state index is 0.109. The highest BCUT2D eigenvalue weighted by molar-refractivity contribution is 7.98. The summed E-state index contributed by atoms with van der Waals surface area (Å²) in [6, 6.07) is 3.94. The molecule has 0 bridgehead atoms. The Hall–Kier alpha value is -2.39. The van der Waals surface area contributed by atoms with Gasteiger partial charge in [-0.05, 0) is 36.6 Å². The number of nitrogens with zero attached hydrogens (tertiary/aromatic N) is 5. The minimum Gasteiger partial charge on any atom is -0.356 e. The molecule has 146 valence electrons. The monoisotopic (exact) mass is 414 g/mol. The molecule has 1 amide bonds. The van der Waals surface area contributed by atoms with Crippen LogP contribution in [0.25, 0.3) is 17.1 Å². The molecule has 0 aromatic carbocycles. The van der Waals surface area contributed by atoms with Gasteiger partial charge in [-0.15, -0.1) is 11.3 Å². The molecule has 3 aromatic heterocycles. The van der Waals surface area contributed by atoms with Crippen LogP contribution in [0.3, 0.4) is 0 Å². The third kappa shape index (κ3) is 4.20. The zero-order valence-electron chi connectivity index (χ0n) is 15.7. The van der Waals surface area contributed by atoms with Crippen LogP contribution < -0.4 is 10.2 Å². The number of anilines is 1. The number of aromatic nitrogens is 4. The largest absolute Gasteiger partial charge is 0.356 e. The van der Waals surface area contributed by atoms with Crippen molar-refractivity contribution in [2.45, 2.75) is 24.5 Å². The van der Waals surface area contributed by atoms with Gasteiger partial charge in [-0.1, -0.05) is 17.8 Å². The van der Waals surface area contributed by atoms with E-state index in [1.807, 2.05) is 40.7 Å². The van der Waals surface area contributed by atoms with Gasteiger partial charge in [-0.2, -0.15) is 5.10 Å². The molecule has 0 unspecified atom stereocenters. The second-order valence-electron chi connectivity index (χ2n) is 6.47. The molecule has 1 saturated heterocycles. The summed E-state index contributed by atoms with van der Waals surface area (Å²) in [6.45, 7) is 3.10. The van der Waals surface area contributed by atoms with E-state index in [0.717, 1.165) is 40.0 Å². The molecule has 7 nitrogen and oxygen atoms in total. The molecule has 0 saturated carbocycles. The molecule has 0 atom stereocenters. The van der Waals surface area contributed by atoms with Crippen LogP contribution in [0.15, 0.2) is 34.9 Å². The summed E-state index contributed by atoms with van der Waals surface area (Å²) in [5, 5.41) is 11.1. The van der Waals surface area contributed by atoms with Crippen molar-refractivity contribution in [2.75, 3.05) is 30.8 Å². The van der Waals surface area contributed by atoms with Crippen molar-refractivity contribution in [2.24, 2.45) is 0 Å². The Morgan fingerprint density at radius 2 is 2.21 bits per heavy atom. The van der Waals surface area contributed by atoms with E-state index < -0.39 is 0 Å². The first kappa shape index (κ1) is 18.9. The molecule has 1 N–H and O–H groups in total. The quantitative estimate of drug-likeness (QED) is 0.364. The highest BCUT2D eigenvalue weighted by Gasteiger charge is 2.20. The molecule has 4 heterocycles. The lowest BCUT2D eigenvalue weighted by Gasteiger charge is -2.17. The number of amides is 1. The van der Waals surface area contributed by atoms with Gasteiger partial charge in [0.2, 0.25) is 5.91 Å². The zero-order valence-corrected chi connectivity index (χ0v) is 17.3. The van der Waals surface area contributed by atoms with Crippen LogP contribution in [0, 0.1) is 0 Å². The number of thiophene rings is 1. The van der Waals surface area contributed by atoms with Gasteiger partial charge in [0.15, 0.2) is 10.8 Å². The topological polar surface area (TPSA) is 75.9 Å². The van der Waals surface area contributed by atoms with Crippen LogP contribution in [-0.4, -0.2) is 51.5 Å². The van der Waals surface area contributed by atoms with E-state index in [2.05, 4.69) is 20.3 Å². The van der Waals surface area contributed by atoms with E-state index in [4.69, 9.17) is 4.98 Å². The van der Waals surface area contributed by atoms with Crippen molar-refractivity contribution in [3.8, 4) is 0 Å². The Balaban J connectivity index is 1.45. The third-order valence-electron chi connectivity index (χ3n) is 4.61. The van der Waals surface area contributed by atoms with Gasteiger partial charge in [0.1, 0.15) is 5.82 Å². The Bertz CT molecular complexity index is 976. The predicted molar refractivity (Wildman–Crippen MR) is 115 cm³/mol. The smallest absolute Gasteiger partial charge is 0.244 e. The second kappa shape index (κ2) is 8.74. The van der Waals surface area contributed by atoms with E-state index in [1.54, 1.807) is 17.4 Å². The van der Waals surface area contributed by atoms with Gasteiger partial charge in [0, 0.05) is 30.6 Å². The van der Waals surface area contributed by atoms with E-state index in [1.165, 1.54) is 24.6 Å². The summed E-state index contributed by atoms with van der Waals surface area (Å²) in [4.78, 5) is 24.7. The first-order valence-electron chi connectivity index (χ1n) is 9.26. The van der Waals surface area contributed by atoms with Gasteiger partial charge in [-0.3, -0.25) is 4.79 Å². The number of fused-ring (bicyclic) bond motifs is 1. The predicted octanol–water partition coefficient (Wildman–Crippen LogP) is 3.04. The van der Waals surface area contributed by atoms with Crippen molar-refractivity contribution in [3.05, 3.63) is 34.7 Å². The fourth-order valence-corrected chi connectivity index (χ4v) is 4.21. The molecule has 28 heavy (non-hydrogen) atoms. The lowest BCUT2D eigenvalue weighted by molar-refractivity contribution is -0.116. The van der Waals surface area contributed by atoms with Crippen molar-refractivity contribution < 1.29 is 4.79 Å². The van der Waals surface area contributed by atoms with Crippen LogP contribution in [-0.2, 0) is 11.3 Å². The summed E-state index contributed by atoms with van der Waals surface area (Å²) in [5.41, 5.74) is 0.824. The lowest BCUT2D eigenvalue weighted by Crippen LogP contribution is -2.25. The first-order valence-corrected chi connectivity index (χ1v) is 11.4. The average molecular weight is 415 g/mol. The number of carbonyl (C=O) groups excluding carboxylic acids is 1. The summed E-state index contributed by atoms with van der Waals surface area (Å²) >= 11 is 3.14. The summed E-state index contributed by atoms with van der Waals surface area (Å²) < 4.78 is 1.85. The van der Waals surface area contributed by atoms with E-state index >= 15 is 0 Å². The number of hydrogen-bond donors (Lipinski definition) is 1. The first-order chi connectivity index (χ1) is 13.7. The molecular weight excluding hydrogens is 392 g/mol. The average Bonchev–Trinajstić information content (AvgIpc) is 3.47. The van der Waals surface area contributed by atoms with Crippen molar-refractivity contribution >= 4 is 51.9 Å². The molecule has 3 aromatic rings. The van der Waals surface area contributed by atoms with Crippen LogP contribution >= 0.6 is 23.1 Å². The van der Waals surface area contributed by atoms with Gasteiger partial charge < -0.3 is 10.2 Å². The van der Waals surface area contributed by atoms with E-state index in [9.17, 15) is 4.79 Å². The molecule has 4 rings (SSSR count). The molecule has 0 spiro atoms. The molecule has 1 fully saturated rings. The molecular formula is C19H22N6OS2. The van der Waals surface area contributed by atoms with Gasteiger partial charge in [-0.25, -0.2) is 14.6 Å². The number of thioether (sulfide) groups is 1. The molecule has 0 radical (unpaired) electrons. The summed E-state index contributed by atoms with van der Waals surface area (Å²) in [7, 11) is 0. The normalized spacial score (nSPS) is 14.4. The van der Waals surface area contributed by atoms with Gasteiger partial charge in [0.05, 0.1) is 18.1 Å². The van der Waals surface area contributed by atoms with Crippen LogP contribution in [0.4, 0.5) is 5.82 Å². The third-order valence-corrected chi connectivity index (χ3v) is 5.99. The van der Waals surface area contributed by atoms with Gasteiger partial charge in [0.25, 0.3) is 0 Å². The Morgan fingerprint density at radius 1 is 1.36 bits per heavy atom. The second-order valence-corrected chi connectivity index (χ2v) is 8.23. The fourth-order valence-electron chi connectivity index (χ4n) is 3.23. The fraction of sp³-hybridized carbons (Fsp3) is 0.368. The highest BCUT2D eigenvalue weighted by Crippen LogP contribution is 2.28. The van der Waals surface area contributed by atoms with Crippen molar-refractivity contribution in [1.29, 1.82) is 0 Å². The minimum atomic E-state index is -0.109. The lowest BCUT2D eigenvalue weighted by atomic mass is 10.3. The van der Waals surface area contributed by atoms with Crippen molar-refractivity contribution in [1.82, 2.24) is 25.1 Å². The number of carbonyl (C=O) groups is 1. The maximum absolute atomic E-state index is 12.0. The van der Waals surface area contributed by atoms with E-state index in [-0.39, 0.29) is 5.91 Å². The van der Waals surface area contributed by atoms with Crippen LogP contribution in [0.1, 0.15) is 17.7 Å². The number of nitrogens with one attached hydrogen (secondary N) is 1. The number of hydrogen-bond acceptors (Lipinski definition) is 7. The summed E-state index contributed by atoms with van der Waals surface area (Å²) in [5.74, 6) is 0.864. The Morgan fingerprint density at radius 3 is 2.96 bits per heavy atom.